The van der Waals surface area contributed by atoms with Crippen LogP contribution in [-0.4, -0.2) is 32.3 Å². The minimum Gasteiger partial charge on any atom is -0.478 e. The van der Waals surface area contributed by atoms with Gasteiger partial charge in [-0.15, -0.1) is 0 Å². The predicted octanol–water partition coefficient (Wildman–Crippen LogP) is 0.404. The molecule has 2 heterocycles. The first kappa shape index (κ1) is 13.6. The smallest absolute Gasteiger partial charge is 0.339 e. The monoisotopic (exact) mass is 279 g/mol. The van der Waals surface area contributed by atoms with Crippen molar-refractivity contribution in [3.8, 4) is 0 Å². The normalized spacial score (nSPS) is 10.2. The molecule has 0 spiro atoms. The zero-order valence-corrected chi connectivity index (χ0v) is 10.6. The fourth-order valence-electron chi connectivity index (χ4n) is 1.55. The second kappa shape index (κ2) is 5.87. The van der Waals surface area contributed by atoms with Gasteiger partial charge in [-0.25, -0.2) is 14.6 Å². The van der Waals surface area contributed by atoms with Crippen LogP contribution < -0.4 is 10.6 Å². The third-order valence-electron chi connectivity index (χ3n) is 2.50. The number of carbonyl (C=O) groups excluding carboxylic acids is 1. The number of aromatic carboxylic acids is 1. The third kappa shape index (κ3) is 3.34. The summed E-state index contributed by atoms with van der Waals surface area (Å²) in [6.07, 6.45) is 1.34. The van der Waals surface area contributed by atoms with Gasteiger partial charge in [-0.2, -0.15) is 5.10 Å². The number of furan rings is 1. The number of nitrogens with zero attached hydrogens (tertiary/aromatic N) is 2. The Kier molecular flexibility index (Phi) is 3.99. The Balaban J connectivity index is 1.81. The molecule has 0 aromatic carbocycles. The van der Waals surface area contributed by atoms with Crippen LogP contribution in [0.4, 0.5) is 4.79 Å². The average molecular weight is 279 g/mol. The van der Waals surface area contributed by atoms with Crippen molar-refractivity contribution in [3.05, 3.63) is 35.3 Å². The highest BCUT2D eigenvalue weighted by Crippen LogP contribution is 2.14. The van der Waals surface area contributed by atoms with E-state index in [4.69, 9.17) is 9.52 Å². The van der Waals surface area contributed by atoms with Crippen LogP contribution >= 0.6 is 0 Å². The maximum Gasteiger partial charge on any atom is 0.339 e. The standard InChI is InChI=1S/C11H13N5O4/c1-6-8(10(17)18)2-7(20-6)3-12-11(19)13-4-9-14-5-15-16-9/h2,5H,3-4H2,1H3,(H,17,18)(H2,12,13,19)(H,14,15,16). The number of aryl methyl sites for hydroxylation is 1. The average Bonchev–Trinajstić information content (AvgIpc) is 3.03. The van der Waals surface area contributed by atoms with Gasteiger partial charge < -0.3 is 20.2 Å². The van der Waals surface area contributed by atoms with Gasteiger partial charge in [0.15, 0.2) is 0 Å². The molecular weight excluding hydrogens is 266 g/mol. The van der Waals surface area contributed by atoms with Gasteiger partial charge in [-0.3, -0.25) is 5.10 Å². The predicted molar refractivity (Wildman–Crippen MR) is 65.9 cm³/mol. The van der Waals surface area contributed by atoms with Gasteiger partial charge in [0.25, 0.3) is 0 Å². The number of aromatic nitrogens is 3. The molecule has 0 unspecified atom stereocenters. The van der Waals surface area contributed by atoms with Gasteiger partial charge >= 0.3 is 12.0 Å². The van der Waals surface area contributed by atoms with Crippen LogP contribution in [0, 0.1) is 6.92 Å². The number of urea groups is 1. The minimum absolute atomic E-state index is 0.0869. The third-order valence-corrected chi connectivity index (χ3v) is 2.50. The van der Waals surface area contributed by atoms with Gasteiger partial charge in [0, 0.05) is 0 Å². The van der Waals surface area contributed by atoms with Crippen LogP contribution in [0.2, 0.25) is 0 Å². The Labute approximate surface area is 113 Å². The molecule has 9 heteroatoms. The van der Waals surface area contributed by atoms with Crippen molar-refractivity contribution in [2.24, 2.45) is 0 Å². The lowest BCUT2D eigenvalue weighted by molar-refractivity contribution is 0.0695. The molecule has 2 rings (SSSR count). The number of hydrogen-bond donors (Lipinski definition) is 4. The Morgan fingerprint density at radius 2 is 2.15 bits per heavy atom. The van der Waals surface area contributed by atoms with Crippen molar-refractivity contribution < 1.29 is 19.1 Å². The summed E-state index contributed by atoms with van der Waals surface area (Å²) in [4.78, 5) is 26.2. The van der Waals surface area contributed by atoms with Crippen LogP contribution in [0.3, 0.4) is 0 Å². The van der Waals surface area contributed by atoms with E-state index in [1.165, 1.54) is 12.4 Å². The first-order valence-corrected chi connectivity index (χ1v) is 5.75. The fraction of sp³-hybridized carbons (Fsp3) is 0.273. The maximum atomic E-state index is 11.5. The number of aromatic amines is 1. The highest BCUT2D eigenvalue weighted by Gasteiger charge is 2.14. The first-order valence-electron chi connectivity index (χ1n) is 5.75. The van der Waals surface area contributed by atoms with E-state index in [-0.39, 0.29) is 18.7 Å². The largest absolute Gasteiger partial charge is 0.478 e. The summed E-state index contributed by atoms with van der Waals surface area (Å²) in [5.41, 5.74) is 0.0869. The second-order valence-electron chi connectivity index (χ2n) is 3.96. The van der Waals surface area contributed by atoms with Crippen LogP contribution in [0.15, 0.2) is 16.8 Å². The quantitative estimate of drug-likeness (QED) is 0.626. The second-order valence-corrected chi connectivity index (χ2v) is 3.96. The molecule has 0 fully saturated rings. The minimum atomic E-state index is -1.06. The van der Waals surface area contributed by atoms with Crippen LogP contribution in [-0.2, 0) is 13.1 Å². The molecule has 0 aliphatic rings. The summed E-state index contributed by atoms with van der Waals surface area (Å²) in [5.74, 6) is 0.139. The molecule has 20 heavy (non-hydrogen) atoms. The summed E-state index contributed by atoms with van der Waals surface area (Å²) < 4.78 is 5.22. The van der Waals surface area contributed by atoms with E-state index < -0.39 is 12.0 Å². The SMILES string of the molecule is Cc1oc(CNC(=O)NCc2ncn[nH]2)cc1C(=O)O. The summed E-state index contributed by atoms with van der Waals surface area (Å²) >= 11 is 0. The highest BCUT2D eigenvalue weighted by atomic mass is 16.4. The summed E-state index contributed by atoms with van der Waals surface area (Å²) in [5, 5.41) is 20.2. The molecule has 0 aliphatic heterocycles. The van der Waals surface area contributed by atoms with Crippen molar-refractivity contribution >= 4 is 12.0 Å². The van der Waals surface area contributed by atoms with Crippen LogP contribution in [0.5, 0.6) is 0 Å². The Morgan fingerprint density at radius 3 is 2.75 bits per heavy atom. The number of amides is 2. The van der Waals surface area contributed by atoms with Crippen LogP contribution in [0.1, 0.15) is 27.7 Å². The van der Waals surface area contributed by atoms with Crippen molar-refractivity contribution in [2.75, 3.05) is 0 Å². The number of carbonyl (C=O) groups is 2. The molecule has 2 aromatic rings. The lowest BCUT2D eigenvalue weighted by atomic mass is 10.2. The van der Waals surface area contributed by atoms with E-state index >= 15 is 0 Å². The summed E-state index contributed by atoms with van der Waals surface area (Å²) in [6.45, 7) is 1.86. The van der Waals surface area contributed by atoms with E-state index in [0.717, 1.165) is 0 Å². The zero-order chi connectivity index (χ0) is 14.5. The molecule has 0 aliphatic carbocycles. The Hall–Kier alpha value is -2.84. The summed E-state index contributed by atoms with van der Waals surface area (Å²) in [6, 6.07) is 0.960. The highest BCUT2D eigenvalue weighted by molar-refractivity contribution is 5.88. The molecule has 0 bridgehead atoms. The molecule has 9 nitrogen and oxygen atoms in total. The van der Waals surface area contributed by atoms with E-state index in [0.29, 0.717) is 17.3 Å². The zero-order valence-electron chi connectivity index (χ0n) is 10.6. The van der Waals surface area contributed by atoms with E-state index in [9.17, 15) is 9.59 Å². The lowest BCUT2D eigenvalue weighted by Gasteiger charge is -2.04. The fourth-order valence-corrected chi connectivity index (χ4v) is 1.55. The molecule has 2 amide bonds. The number of nitrogens with one attached hydrogen (secondary N) is 3. The molecular formula is C11H13N5O4. The first-order chi connectivity index (χ1) is 9.56. The molecule has 106 valence electrons. The maximum absolute atomic E-state index is 11.5. The Bertz CT molecular complexity index is 604. The van der Waals surface area contributed by atoms with Crippen molar-refractivity contribution in [3.63, 3.8) is 0 Å². The van der Waals surface area contributed by atoms with Crippen LogP contribution in [0.25, 0.3) is 0 Å². The lowest BCUT2D eigenvalue weighted by Crippen LogP contribution is -2.34. The number of hydrogen-bond acceptors (Lipinski definition) is 5. The van der Waals surface area contributed by atoms with E-state index in [2.05, 4.69) is 25.8 Å². The number of carboxylic acid groups (broad SMARTS) is 1. The van der Waals surface area contributed by atoms with Crippen molar-refractivity contribution in [2.45, 2.75) is 20.0 Å². The van der Waals surface area contributed by atoms with Gasteiger partial charge in [0.2, 0.25) is 0 Å². The van der Waals surface area contributed by atoms with Gasteiger partial charge in [0.05, 0.1) is 13.1 Å². The molecule has 0 atom stereocenters. The molecule has 0 saturated heterocycles. The molecule has 2 aromatic heterocycles. The number of rotatable bonds is 5. The molecule has 0 saturated carbocycles. The van der Waals surface area contributed by atoms with Crippen molar-refractivity contribution in [1.82, 2.24) is 25.8 Å². The number of H-pyrrole nitrogens is 1. The van der Waals surface area contributed by atoms with E-state index in [1.54, 1.807) is 6.92 Å². The van der Waals surface area contributed by atoms with Gasteiger partial charge in [-0.05, 0) is 13.0 Å². The molecule has 0 radical (unpaired) electrons. The molecule has 4 N–H and O–H groups in total. The van der Waals surface area contributed by atoms with Crippen molar-refractivity contribution in [1.29, 1.82) is 0 Å². The van der Waals surface area contributed by atoms with Gasteiger partial charge in [0.1, 0.15) is 29.2 Å². The van der Waals surface area contributed by atoms with Gasteiger partial charge in [-0.1, -0.05) is 0 Å². The van der Waals surface area contributed by atoms with E-state index in [1.807, 2.05) is 0 Å². The topological polar surface area (TPSA) is 133 Å². The summed E-state index contributed by atoms with van der Waals surface area (Å²) in [7, 11) is 0. The Morgan fingerprint density at radius 1 is 1.40 bits per heavy atom. The number of carboxylic acids is 1.